The Bertz CT molecular complexity index is 834. The number of halogens is 1. The number of rotatable bonds is 4. The summed E-state index contributed by atoms with van der Waals surface area (Å²) in [7, 11) is 0. The molecule has 0 radical (unpaired) electrons. The van der Waals surface area contributed by atoms with Gasteiger partial charge in [0.15, 0.2) is 6.54 Å². The molecule has 1 atom stereocenters. The van der Waals surface area contributed by atoms with Crippen LogP contribution in [-0.4, -0.2) is 35.2 Å². The molecule has 0 fully saturated rings. The molecule has 0 spiro atoms. The second kappa shape index (κ2) is 8.03. The number of aryl methyl sites for hydroxylation is 1. The molecular weight excluding hydrogens is 404 g/mol. The maximum Gasteiger partial charge on any atom is 0.271 e. The molecule has 2 aliphatic rings. The summed E-state index contributed by atoms with van der Waals surface area (Å²) in [5.41, 5.74) is 2.33. The van der Waals surface area contributed by atoms with Gasteiger partial charge >= 0.3 is 0 Å². The fourth-order valence-corrected chi connectivity index (χ4v) is 4.16. The van der Waals surface area contributed by atoms with Gasteiger partial charge in [0.25, 0.3) is 11.6 Å². The van der Waals surface area contributed by atoms with Gasteiger partial charge in [0.2, 0.25) is 0 Å². The lowest BCUT2D eigenvalue weighted by molar-refractivity contribution is -0.661. The van der Waals surface area contributed by atoms with E-state index in [0.29, 0.717) is 13.2 Å². The second-order valence-corrected chi connectivity index (χ2v) is 7.22. The normalized spacial score (nSPS) is 21.7. The quantitative estimate of drug-likeness (QED) is 0.723. The summed E-state index contributed by atoms with van der Waals surface area (Å²) < 4.78 is 7.76. The number of aliphatic hydroxyl groups is 1. The molecule has 1 unspecified atom stereocenters. The molecule has 144 valence electrons. The summed E-state index contributed by atoms with van der Waals surface area (Å²) in [5, 5.41) is 11.7. The molecule has 1 N–H and O–H groups in total. The molecule has 0 aliphatic carbocycles. The summed E-state index contributed by atoms with van der Waals surface area (Å²) >= 11 is 0. The van der Waals surface area contributed by atoms with E-state index in [0.717, 1.165) is 36.4 Å². The Kier molecular flexibility index (Phi) is 5.92. The van der Waals surface area contributed by atoms with Gasteiger partial charge in [-0.15, -0.1) is 0 Å². The highest BCUT2D eigenvalue weighted by atomic mass is 79.9. The molecule has 27 heavy (non-hydrogen) atoms. The van der Waals surface area contributed by atoms with Crippen LogP contribution in [0.3, 0.4) is 0 Å². The zero-order valence-electron chi connectivity index (χ0n) is 16.0. The van der Waals surface area contributed by atoms with E-state index in [-0.39, 0.29) is 17.0 Å². The van der Waals surface area contributed by atoms with Crippen LogP contribution in [0.4, 0.5) is 5.69 Å². The van der Waals surface area contributed by atoms with E-state index in [1.165, 1.54) is 17.8 Å². The first-order valence-corrected chi connectivity index (χ1v) is 9.55. The van der Waals surface area contributed by atoms with Crippen LogP contribution in [0.2, 0.25) is 0 Å². The van der Waals surface area contributed by atoms with E-state index in [4.69, 9.17) is 4.74 Å². The Hall–Kier alpha value is -1.85. The highest BCUT2D eigenvalue weighted by molar-refractivity contribution is 5.96. The zero-order chi connectivity index (χ0) is 18.1. The predicted molar refractivity (Wildman–Crippen MR) is 104 cm³/mol. The van der Waals surface area contributed by atoms with Crippen molar-refractivity contribution in [2.75, 3.05) is 24.6 Å². The Labute approximate surface area is 171 Å². The van der Waals surface area contributed by atoms with Crippen molar-refractivity contribution >= 4 is 11.5 Å². The van der Waals surface area contributed by atoms with Crippen LogP contribution in [0.25, 0.3) is 0 Å². The lowest BCUT2D eigenvalue weighted by atomic mass is 10.0. The molecule has 0 aromatic heterocycles. The SMILES string of the molecule is CCOc1ccc(C2(O)CN(c3cccc(C)c3)C3=[N+]2CCCC3)cc1.[Br-]. The van der Waals surface area contributed by atoms with Crippen LogP contribution in [-0.2, 0) is 5.72 Å². The molecule has 4 rings (SSSR count). The van der Waals surface area contributed by atoms with Crippen molar-refractivity contribution < 1.29 is 31.4 Å². The van der Waals surface area contributed by atoms with Gasteiger partial charge in [-0.05, 0) is 68.7 Å². The van der Waals surface area contributed by atoms with Crippen molar-refractivity contribution in [1.82, 2.24) is 0 Å². The van der Waals surface area contributed by atoms with Gasteiger partial charge in [0.05, 0.1) is 13.2 Å². The van der Waals surface area contributed by atoms with Gasteiger partial charge in [0.1, 0.15) is 11.4 Å². The molecule has 2 heterocycles. The number of ether oxygens (including phenoxy) is 1. The number of hydrogen-bond acceptors (Lipinski definition) is 3. The lowest BCUT2D eigenvalue weighted by Crippen LogP contribution is -3.00. The molecular formula is C22H27BrN2O2. The molecule has 2 aliphatic heterocycles. The van der Waals surface area contributed by atoms with E-state index in [1.54, 1.807) is 0 Å². The molecule has 0 saturated carbocycles. The third kappa shape index (κ3) is 3.63. The van der Waals surface area contributed by atoms with Crippen molar-refractivity contribution in [3.8, 4) is 5.75 Å². The first-order chi connectivity index (χ1) is 12.6. The molecule has 0 amide bonds. The number of hydrogen-bond donors (Lipinski definition) is 1. The molecule has 0 saturated heterocycles. The number of β-amino-alcohol motifs (C(OH)–C–C–N with tert-alkyl or cyclic N) is 1. The van der Waals surface area contributed by atoms with E-state index >= 15 is 0 Å². The number of benzene rings is 2. The van der Waals surface area contributed by atoms with E-state index < -0.39 is 5.72 Å². The fourth-order valence-electron chi connectivity index (χ4n) is 4.16. The number of anilines is 1. The van der Waals surface area contributed by atoms with Gasteiger partial charge in [-0.2, -0.15) is 0 Å². The molecule has 0 bridgehead atoms. The van der Waals surface area contributed by atoms with Crippen molar-refractivity contribution in [2.45, 2.75) is 38.8 Å². The molecule has 2 aromatic rings. The van der Waals surface area contributed by atoms with Gasteiger partial charge in [0, 0.05) is 12.0 Å². The first kappa shape index (κ1) is 19.9. The highest BCUT2D eigenvalue weighted by Gasteiger charge is 2.52. The van der Waals surface area contributed by atoms with E-state index in [9.17, 15) is 5.11 Å². The fraction of sp³-hybridized carbons (Fsp3) is 0.409. The van der Waals surface area contributed by atoms with Crippen LogP contribution in [0.5, 0.6) is 5.75 Å². The third-order valence-electron chi connectivity index (χ3n) is 5.42. The van der Waals surface area contributed by atoms with Crippen molar-refractivity contribution in [2.24, 2.45) is 0 Å². The Morgan fingerprint density at radius 1 is 1.15 bits per heavy atom. The van der Waals surface area contributed by atoms with E-state index in [2.05, 4.69) is 40.7 Å². The summed E-state index contributed by atoms with van der Waals surface area (Å²) in [6, 6.07) is 16.4. The monoisotopic (exact) mass is 430 g/mol. The Morgan fingerprint density at radius 3 is 2.63 bits per heavy atom. The standard InChI is InChI=1S/C22H27N2O2.BrH/c1-3-26-20-12-10-18(11-13-20)22(25)16-23(19-8-6-7-17(2)15-19)21-9-4-5-14-24(21)22;/h6-8,10-13,15,25H,3-5,9,14,16H2,1-2H3;1H/q+1;/p-1. The average molecular weight is 431 g/mol. The lowest BCUT2D eigenvalue weighted by Gasteiger charge is -2.24. The molecule has 5 heteroatoms. The average Bonchev–Trinajstić information content (AvgIpc) is 2.97. The van der Waals surface area contributed by atoms with Crippen LogP contribution in [0.15, 0.2) is 48.5 Å². The van der Waals surface area contributed by atoms with E-state index in [1.807, 2.05) is 31.2 Å². The van der Waals surface area contributed by atoms with Crippen molar-refractivity contribution in [1.29, 1.82) is 0 Å². The van der Waals surface area contributed by atoms with Crippen molar-refractivity contribution in [3.05, 3.63) is 59.7 Å². The van der Waals surface area contributed by atoms with Gasteiger partial charge in [-0.25, -0.2) is 9.48 Å². The highest BCUT2D eigenvalue weighted by Crippen LogP contribution is 2.36. The number of amidine groups is 1. The van der Waals surface area contributed by atoms with Crippen LogP contribution < -0.4 is 26.6 Å². The van der Waals surface area contributed by atoms with Crippen LogP contribution in [0, 0.1) is 6.92 Å². The maximum absolute atomic E-state index is 11.7. The summed E-state index contributed by atoms with van der Waals surface area (Å²) in [6.45, 7) is 6.19. The minimum Gasteiger partial charge on any atom is -1.00 e. The Morgan fingerprint density at radius 2 is 1.93 bits per heavy atom. The summed E-state index contributed by atoms with van der Waals surface area (Å²) in [5.74, 6) is 2.08. The Balaban J connectivity index is 0.00000210. The first-order valence-electron chi connectivity index (χ1n) is 9.55. The predicted octanol–water partition coefficient (Wildman–Crippen LogP) is 0.658. The second-order valence-electron chi connectivity index (χ2n) is 7.22. The summed E-state index contributed by atoms with van der Waals surface area (Å²) in [4.78, 5) is 2.29. The minimum atomic E-state index is -0.996. The largest absolute Gasteiger partial charge is 1.00 e. The summed E-state index contributed by atoms with van der Waals surface area (Å²) in [6.07, 6.45) is 3.30. The van der Waals surface area contributed by atoms with Gasteiger partial charge in [-0.3, -0.25) is 0 Å². The third-order valence-corrected chi connectivity index (χ3v) is 5.42. The maximum atomic E-state index is 11.7. The zero-order valence-corrected chi connectivity index (χ0v) is 17.6. The van der Waals surface area contributed by atoms with Crippen molar-refractivity contribution in [3.63, 3.8) is 0 Å². The smallest absolute Gasteiger partial charge is 0.271 e. The van der Waals surface area contributed by atoms with Crippen LogP contribution >= 0.6 is 0 Å². The minimum absolute atomic E-state index is 0. The van der Waals surface area contributed by atoms with Gasteiger partial charge in [-0.1, -0.05) is 12.1 Å². The number of nitrogens with zero attached hydrogens (tertiary/aromatic N) is 2. The molecule has 4 nitrogen and oxygen atoms in total. The topological polar surface area (TPSA) is 35.7 Å². The van der Waals surface area contributed by atoms with Crippen LogP contribution in [0.1, 0.15) is 37.3 Å². The molecule has 2 aromatic carbocycles. The van der Waals surface area contributed by atoms with Gasteiger partial charge < -0.3 is 26.8 Å².